The van der Waals surface area contributed by atoms with Gasteiger partial charge in [0, 0.05) is 5.39 Å². The first-order valence-electron chi connectivity index (χ1n) is 6.79. The second-order valence-electron chi connectivity index (χ2n) is 7.06. The van der Waals surface area contributed by atoms with Gasteiger partial charge in [-0.05, 0) is 43.9 Å². The number of ether oxygens (including phenoxy) is 1. The molecule has 1 heterocycles. The van der Waals surface area contributed by atoms with Crippen molar-refractivity contribution in [1.29, 1.82) is 0 Å². The summed E-state index contributed by atoms with van der Waals surface area (Å²) in [5, 5.41) is 5.09. The molecule has 0 amide bonds. The van der Waals surface area contributed by atoms with E-state index < -0.39 is 11.7 Å². The third-order valence-corrected chi connectivity index (χ3v) is 3.00. The Labute approximate surface area is 119 Å². The lowest BCUT2D eigenvalue weighted by molar-refractivity contribution is 0.0523. The summed E-state index contributed by atoms with van der Waals surface area (Å²) >= 11 is 0. The molecule has 20 heavy (non-hydrogen) atoms. The number of nitrogens with zero attached hydrogens (tertiary/aromatic N) is 2. The van der Waals surface area contributed by atoms with Gasteiger partial charge in [0.1, 0.15) is 5.60 Å². The van der Waals surface area contributed by atoms with Crippen molar-refractivity contribution in [3.05, 3.63) is 30.0 Å². The molecule has 0 aliphatic carbocycles. The van der Waals surface area contributed by atoms with Crippen LogP contribution in [0.25, 0.3) is 10.9 Å². The van der Waals surface area contributed by atoms with Gasteiger partial charge in [-0.2, -0.15) is 9.78 Å². The number of rotatable bonds is 0. The molecule has 0 atom stereocenters. The van der Waals surface area contributed by atoms with E-state index in [2.05, 4.69) is 31.9 Å². The third-order valence-electron chi connectivity index (χ3n) is 3.00. The van der Waals surface area contributed by atoms with Crippen LogP contribution in [0.2, 0.25) is 0 Å². The van der Waals surface area contributed by atoms with E-state index in [4.69, 9.17) is 4.74 Å². The van der Waals surface area contributed by atoms with Crippen molar-refractivity contribution in [3.8, 4) is 0 Å². The van der Waals surface area contributed by atoms with Gasteiger partial charge in [-0.1, -0.05) is 26.8 Å². The molecular weight excluding hydrogens is 252 g/mol. The Balaban J connectivity index is 2.41. The average molecular weight is 274 g/mol. The van der Waals surface area contributed by atoms with Crippen LogP contribution in [0.5, 0.6) is 0 Å². The highest BCUT2D eigenvalue weighted by atomic mass is 16.6. The quantitative estimate of drug-likeness (QED) is 0.726. The maximum atomic E-state index is 12.1. The fourth-order valence-corrected chi connectivity index (χ4v) is 1.95. The van der Waals surface area contributed by atoms with E-state index in [0.29, 0.717) is 0 Å². The molecule has 0 saturated heterocycles. The van der Waals surface area contributed by atoms with Crippen LogP contribution in [-0.2, 0) is 10.2 Å². The number of hydrogen-bond acceptors (Lipinski definition) is 3. The Morgan fingerprint density at radius 1 is 1.15 bits per heavy atom. The number of fused-ring (bicyclic) bond motifs is 1. The molecule has 0 bridgehead atoms. The number of aromatic nitrogens is 2. The summed E-state index contributed by atoms with van der Waals surface area (Å²) in [5.41, 5.74) is 1.53. The van der Waals surface area contributed by atoms with Crippen LogP contribution in [-0.4, -0.2) is 21.5 Å². The predicted octanol–water partition coefficient (Wildman–Crippen LogP) is 4.12. The largest absolute Gasteiger partial charge is 0.442 e. The standard InChI is InChI=1S/C16H22N2O2/c1-15(2,3)12-7-8-13-11(9-12)10-17-18(13)14(19)20-16(4,5)6/h7-10H,1-6H3. The lowest BCUT2D eigenvalue weighted by Crippen LogP contribution is -2.27. The Hall–Kier alpha value is -1.84. The molecule has 0 saturated carbocycles. The Morgan fingerprint density at radius 3 is 2.35 bits per heavy atom. The van der Waals surface area contributed by atoms with Crippen molar-refractivity contribution in [2.75, 3.05) is 0 Å². The lowest BCUT2D eigenvalue weighted by atomic mass is 9.86. The minimum atomic E-state index is -0.527. The SMILES string of the molecule is CC(C)(C)OC(=O)n1ncc2cc(C(C)(C)C)ccc21. The molecule has 4 heteroatoms. The zero-order chi connectivity index (χ0) is 15.1. The summed E-state index contributed by atoms with van der Waals surface area (Å²) in [4.78, 5) is 12.1. The van der Waals surface area contributed by atoms with Gasteiger partial charge < -0.3 is 4.74 Å². The lowest BCUT2D eigenvalue weighted by Gasteiger charge is -2.20. The van der Waals surface area contributed by atoms with E-state index in [9.17, 15) is 4.79 Å². The Morgan fingerprint density at radius 2 is 1.80 bits per heavy atom. The molecule has 0 unspecified atom stereocenters. The van der Waals surface area contributed by atoms with E-state index in [0.717, 1.165) is 10.9 Å². The average Bonchev–Trinajstić information content (AvgIpc) is 2.67. The second-order valence-corrected chi connectivity index (χ2v) is 7.06. The Bertz CT molecular complexity index is 643. The molecule has 0 radical (unpaired) electrons. The molecule has 0 N–H and O–H groups in total. The van der Waals surface area contributed by atoms with Crippen LogP contribution in [0.4, 0.5) is 4.79 Å². The van der Waals surface area contributed by atoms with Gasteiger partial charge in [0.05, 0.1) is 11.7 Å². The zero-order valence-corrected chi connectivity index (χ0v) is 13.0. The summed E-state index contributed by atoms with van der Waals surface area (Å²) in [6.45, 7) is 12.0. The number of benzene rings is 1. The second kappa shape index (κ2) is 4.62. The molecule has 0 aliphatic heterocycles. The van der Waals surface area contributed by atoms with Crippen LogP contribution in [0.3, 0.4) is 0 Å². The fourth-order valence-electron chi connectivity index (χ4n) is 1.95. The number of carbonyl (C=O) groups excluding carboxylic acids is 1. The summed E-state index contributed by atoms with van der Waals surface area (Å²) in [6, 6.07) is 6.03. The van der Waals surface area contributed by atoms with Crippen molar-refractivity contribution in [3.63, 3.8) is 0 Å². The van der Waals surface area contributed by atoms with Gasteiger partial charge in [-0.15, -0.1) is 0 Å². The van der Waals surface area contributed by atoms with Crippen molar-refractivity contribution >= 4 is 17.0 Å². The highest BCUT2D eigenvalue weighted by Gasteiger charge is 2.21. The molecule has 2 aromatic rings. The van der Waals surface area contributed by atoms with E-state index in [1.165, 1.54) is 10.2 Å². The monoisotopic (exact) mass is 274 g/mol. The van der Waals surface area contributed by atoms with E-state index in [-0.39, 0.29) is 5.41 Å². The maximum Gasteiger partial charge on any atom is 0.435 e. The normalized spacial score (nSPS) is 12.7. The van der Waals surface area contributed by atoms with Crippen LogP contribution in [0, 0.1) is 0 Å². The summed E-state index contributed by atoms with van der Waals surface area (Å²) < 4.78 is 6.66. The molecule has 1 aromatic heterocycles. The first-order valence-corrected chi connectivity index (χ1v) is 6.79. The number of carbonyl (C=O) groups is 1. The summed E-state index contributed by atoms with van der Waals surface area (Å²) in [7, 11) is 0. The first kappa shape index (κ1) is 14.6. The summed E-state index contributed by atoms with van der Waals surface area (Å²) in [6.07, 6.45) is 1.25. The van der Waals surface area contributed by atoms with Crippen molar-refractivity contribution in [1.82, 2.24) is 9.78 Å². The molecule has 4 nitrogen and oxygen atoms in total. The molecule has 2 rings (SSSR count). The van der Waals surface area contributed by atoms with Crippen LogP contribution in [0.1, 0.15) is 47.1 Å². The third kappa shape index (κ3) is 3.00. The van der Waals surface area contributed by atoms with Crippen LogP contribution < -0.4 is 0 Å². The molecule has 0 fully saturated rings. The minimum absolute atomic E-state index is 0.0716. The van der Waals surface area contributed by atoms with Gasteiger partial charge in [0.15, 0.2) is 0 Å². The zero-order valence-electron chi connectivity index (χ0n) is 13.0. The van der Waals surface area contributed by atoms with Crippen molar-refractivity contribution < 1.29 is 9.53 Å². The van der Waals surface area contributed by atoms with E-state index in [1.54, 1.807) is 6.20 Å². The smallest absolute Gasteiger partial charge is 0.435 e. The van der Waals surface area contributed by atoms with Gasteiger partial charge >= 0.3 is 6.09 Å². The van der Waals surface area contributed by atoms with E-state index >= 15 is 0 Å². The van der Waals surface area contributed by atoms with Gasteiger partial charge in [-0.25, -0.2) is 4.79 Å². The molecule has 0 spiro atoms. The Kier molecular flexibility index (Phi) is 3.36. The van der Waals surface area contributed by atoms with E-state index in [1.807, 2.05) is 32.9 Å². The number of hydrogen-bond donors (Lipinski definition) is 0. The molecule has 0 aliphatic rings. The van der Waals surface area contributed by atoms with Crippen molar-refractivity contribution in [2.45, 2.75) is 52.6 Å². The first-order chi connectivity index (χ1) is 9.08. The molecule has 1 aromatic carbocycles. The minimum Gasteiger partial charge on any atom is -0.442 e. The van der Waals surface area contributed by atoms with Crippen LogP contribution in [0.15, 0.2) is 24.4 Å². The predicted molar refractivity (Wildman–Crippen MR) is 80.1 cm³/mol. The van der Waals surface area contributed by atoms with Crippen molar-refractivity contribution in [2.24, 2.45) is 0 Å². The maximum absolute atomic E-state index is 12.1. The highest BCUT2D eigenvalue weighted by Crippen LogP contribution is 2.26. The topological polar surface area (TPSA) is 44.1 Å². The summed E-state index contributed by atoms with van der Waals surface area (Å²) in [5.74, 6) is 0. The highest BCUT2D eigenvalue weighted by molar-refractivity contribution is 5.88. The van der Waals surface area contributed by atoms with Crippen LogP contribution >= 0.6 is 0 Å². The fraction of sp³-hybridized carbons (Fsp3) is 0.500. The van der Waals surface area contributed by atoms with Gasteiger partial charge in [0.2, 0.25) is 0 Å². The van der Waals surface area contributed by atoms with Gasteiger partial charge in [-0.3, -0.25) is 0 Å². The van der Waals surface area contributed by atoms with Gasteiger partial charge in [0.25, 0.3) is 0 Å². The molecular formula is C16H22N2O2. The molecule has 108 valence electrons.